The number of nitrogens with one attached hydrogen (secondary N) is 1. The second-order valence-corrected chi connectivity index (χ2v) is 31.2. The molecule has 0 heterocycles. The maximum absolute atomic E-state index is 17.7. The molecule has 41 heteroatoms. The van der Waals surface area contributed by atoms with Crippen molar-refractivity contribution in [1.29, 1.82) is 0 Å². The standard InChI is InChI=1S/C19H22F11N.4C13H2F7.Al/c1-3-5-7-8-9-17(25,26)18(27,28)19(29,30)31(10-6-4-2)16-14(23)12(21)11(20)13(22)15(16)24;4*14-5-2-3-1-4-7(6(3)10(17)9(5)16)11(18)13(20)12(19)8(4)15;/h3-10H2,1-2H3;4*1-2H;/q;;;;;-1/p+1. The van der Waals surface area contributed by atoms with Gasteiger partial charge in [0, 0.05) is 50.9 Å². The molecule has 1 nitrogen and oxygen atoms in total. The molecule has 0 bridgehead atoms. The predicted octanol–water partition coefficient (Wildman–Crippen LogP) is 23.3. The van der Waals surface area contributed by atoms with E-state index in [1.165, 1.54) is 6.92 Å². The van der Waals surface area contributed by atoms with Gasteiger partial charge in [-0.2, -0.15) is 26.3 Å². The van der Waals surface area contributed by atoms with Gasteiger partial charge in [-0.15, -0.1) is 27.9 Å². The molecule has 596 valence electrons. The fourth-order valence-electron chi connectivity index (χ4n) is 16.4. The molecular formula is C71H31AlF39N. The number of benzene rings is 9. The van der Waals surface area contributed by atoms with Gasteiger partial charge >= 0.3 is 17.9 Å². The van der Waals surface area contributed by atoms with Crippen LogP contribution < -0.4 is 4.90 Å². The Hall–Kier alpha value is -9.26. The zero-order chi connectivity index (χ0) is 83.2. The maximum Gasteiger partial charge on any atom is 0.464 e. The molecule has 9 aromatic rings. The van der Waals surface area contributed by atoms with E-state index in [1.807, 2.05) is 0 Å². The van der Waals surface area contributed by atoms with Gasteiger partial charge in [-0.1, -0.05) is 61.8 Å². The van der Waals surface area contributed by atoms with Crippen molar-refractivity contribution in [3.63, 3.8) is 0 Å². The number of quaternary nitrogens is 1. The molecule has 0 radical (unpaired) electrons. The number of rotatable bonds is 16. The number of unbranched alkanes of at least 4 members (excludes halogenated alkanes) is 4. The van der Waals surface area contributed by atoms with E-state index in [0.29, 0.717) is 12.8 Å². The van der Waals surface area contributed by atoms with Crippen LogP contribution in [0.5, 0.6) is 0 Å². The van der Waals surface area contributed by atoms with Gasteiger partial charge in [-0.25, -0.2) is 141 Å². The molecule has 1 N–H and O–H groups in total. The first-order valence-electron chi connectivity index (χ1n) is 31.9. The molecule has 0 saturated carbocycles. The number of alkyl halides is 6. The summed E-state index contributed by atoms with van der Waals surface area (Å²) in [6.07, 6.45) is -1.66. The third-order valence-corrected chi connectivity index (χ3v) is 28.1. The summed E-state index contributed by atoms with van der Waals surface area (Å²) in [5.41, 5.74) is -39.7. The number of hydrogen-bond donors (Lipinski definition) is 1. The second kappa shape index (κ2) is 28.1. The Kier molecular flexibility index (Phi) is 20.6. The molecular weight excluding hydrogens is 1630 g/mol. The Balaban J connectivity index is 0.000000317. The molecule has 0 spiro atoms. The summed E-state index contributed by atoms with van der Waals surface area (Å²) in [5.74, 6) is -111. The van der Waals surface area contributed by atoms with E-state index in [2.05, 4.69) is 0 Å². The Morgan fingerprint density at radius 2 is 0.482 bits per heavy atom. The molecule has 5 atom stereocenters. The molecule has 5 unspecified atom stereocenters. The van der Waals surface area contributed by atoms with Crippen LogP contribution in [-0.2, 0) is 0 Å². The van der Waals surface area contributed by atoms with Gasteiger partial charge in [0.25, 0.3) is 0 Å². The predicted molar refractivity (Wildman–Crippen MR) is 310 cm³/mol. The lowest BCUT2D eigenvalue weighted by Crippen LogP contribution is -3.17. The third-order valence-electron chi connectivity index (χ3n) is 20.7. The minimum absolute atomic E-state index is 0.0199. The van der Waals surface area contributed by atoms with Gasteiger partial charge in [0.05, 0.1) is 6.54 Å². The molecule has 112 heavy (non-hydrogen) atoms. The molecule has 0 amide bonds. The normalized spacial score (nSPS) is 16.8. The van der Waals surface area contributed by atoms with Crippen molar-refractivity contribution in [2.45, 2.75) is 95.8 Å². The van der Waals surface area contributed by atoms with Crippen molar-refractivity contribution in [3.8, 4) is 44.5 Å². The van der Waals surface area contributed by atoms with E-state index in [0.717, 1.165) is 0 Å². The van der Waals surface area contributed by atoms with Crippen LogP contribution in [0, 0.1) is 192 Å². The van der Waals surface area contributed by atoms with Crippen LogP contribution in [0.3, 0.4) is 0 Å². The van der Waals surface area contributed by atoms with E-state index < -0.39 is 392 Å². The first-order chi connectivity index (χ1) is 52.1. The molecule has 9 aromatic carbocycles. The lowest BCUT2D eigenvalue weighted by Gasteiger charge is -2.57. The summed E-state index contributed by atoms with van der Waals surface area (Å²) in [7, 11) is 0. The highest BCUT2D eigenvalue weighted by Crippen LogP contribution is 2.74. The van der Waals surface area contributed by atoms with Crippen molar-refractivity contribution >= 4 is 18.8 Å². The van der Waals surface area contributed by atoms with Gasteiger partial charge < -0.3 is 0 Å². The highest BCUT2D eigenvalue weighted by molar-refractivity contribution is 6.88. The zero-order valence-electron chi connectivity index (χ0n) is 54.6. The van der Waals surface area contributed by atoms with Crippen LogP contribution in [0.4, 0.5) is 177 Å². The first-order valence-corrected chi connectivity index (χ1v) is 34.6. The monoisotopic (exact) mass is 1670 g/mol. The third kappa shape index (κ3) is 11.0. The summed E-state index contributed by atoms with van der Waals surface area (Å²) >= 11 is -8.92. The van der Waals surface area contributed by atoms with Crippen LogP contribution in [0.1, 0.15) is 122 Å². The molecule has 0 saturated heterocycles. The summed E-state index contributed by atoms with van der Waals surface area (Å²) in [5, 5.41) is 0. The van der Waals surface area contributed by atoms with Crippen LogP contribution in [0.2, 0.25) is 0 Å². The van der Waals surface area contributed by atoms with E-state index in [9.17, 15) is 48.3 Å². The first kappa shape index (κ1) is 82.2. The van der Waals surface area contributed by atoms with Gasteiger partial charge in [0.1, 0.15) is 0 Å². The highest BCUT2D eigenvalue weighted by atomic mass is 27.2. The lowest BCUT2D eigenvalue weighted by atomic mass is 10.00. The zero-order valence-corrected chi connectivity index (χ0v) is 55.7. The van der Waals surface area contributed by atoms with Crippen LogP contribution in [0.15, 0.2) is 24.3 Å². The molecule has 0 aromatic heterocycles. The van der Waals surface area contributed by atoms with Crippen molar-refractivity contribution < 1.29 is 176 Å². The van der Waals surface area contributed by atoms with Crippen LogP contribution in [-0.4, -0.2) is 37.5 Å². The van der Waals surface area contributed by atoms with Crippen molar-refractivity contribution in [3.05, 3.63) is 261 Å². The highest BCUT2D eigenvalue weighted by Gasteiger charge is 2.78. The van der Waals surface area contributed by atoms with Crippen molar-refractivity contribution in [1.82, 2.24) is 0 Å². The maximum atomic E-state index is 17.7. The largest absolute Gasteiger partial charge is 0.464 e. The fraction of sp³-hybridized carbons (Fsp3) is 0.239. The SMILES string of the molecule is CCCCCCC(F)(F)C(F)(F)C(F)(F)[NH+](CCCC)c1c(F)c(F)c(F)c(F)c1F.Fc1cc2c(c(F)c1F)-c1c(F)c(F)c(F)c(F)c1[CH]2[Al-]([CH]1c2cc(F)c(F)c(F)c2-c2c(F)c(F)c(F)c(F)c21)([CH]1c2cc(F)c(F)c(F)c2-c2c(F)c(F)c(F)c(F)c21)[CH]1c2cc(F)c(F)c(F)c2-c2c(F)c(F)c(F)c(F)c21. The number of fused-ring (bicyclic) bond motifs is 12. The average molecular weight is 1670 g/mol. The smallest absolute Gasteiger partial charge is 0.231 e. The summed E-state index contributed by atoms with van der Waals surface area (Å²) in [6.45, 7) is 1.76. The quantitative estimate of drug-likeness (QED) is 0.0246. The van der Waals surface area contributed by atoms with E-state index >= 15 is 123 Å². The molecule has 0 aliphatic heterocycles. The van der Waals surface area contributed by atoms with Crippen LogP contribution in [0.25, 0.3) is 44.5 Å². The molecule has 4 aliphatic rings. The number of halogens is 39. The van der Waals surface area contributed by atoms with Crippen LogP contribution >= 0.6 is 0 Å². The van der Waals surface area contributed by atoms with Gasteiger partial charge in [-0.05, 0) is 59.4 Å². The van der Waals surface area contributed by atoms with Gasteiger partial charge in [0.2, 0.25) is 34.8 Å². The fourth-order valence-corrected chi connectivity index (χ4v) is 25.8. The van der Waals surface area contributed by atoms with Crippen molar-refractivity contribution in [2.75, 3.05) is 6.54 Å². The summed E-state index contributed by atoms with van der Waals surface area (Å²) in [6, 6.07) is -8.27. The second-order valence-electron chi connectivity index (χ2n) is 26.2. The summed E-state index contributed by atoms with van der Waals surface area (Å²) in [4.78, 5) is -2.26. The van der Waals surface area contributed by atoms with Gasteiger partial charge in [-0.3, -0.25) is 0 Å². The minimum Gasteiger partial charge on any atom is -0.231 e. The Labute approximate surface area is 600 Å². The Morgan fingerprint density at radius 3 is 0.732 bits per heavy atom. The Bertz CT molecular complexity index is 5020. The van der Waals surface area contributed by atoms with Crippen molar-refractivity contribution in [2.24, 2.45) is 0 Å². The van der Waals surface area contributed by atoms with E-state index in [4.69, 9.17) is 0 Å². The van der Waals surface area contributed by atoms with Gasteiger partial charge in [0.15, 0.2) is 176 Å². The molecule has 13 rings (SSSR count). The molecule has 0 fully saturated rings. The number of hydrogen-bond acceptors (Lipinski definition) is 0. The summed E-state index contributed by atoms with van der Waals surface area (Å²) < 4.78 is 601. The topological polar surface area (TPSA) is 4.44 Å². The average Bonchev–Trinajstić information content (AvgIpc) is 1.47. The minimum atomic E-state index is -8.92. The van der Waals surface area contributed by atoms with E-state index in [-0.39, 0.29) is 12.8 Å². The lowest BCUT2D eigenvalue weighted by molar-refractivity contribution is -0.950. The molecule has 4 aliphatic carbocycles. The Morgan fingerprint density at radius 1 is 0.259 bits per heavy atom. The van der Waals surface area contributed by atoms with E-state index in [1.54, 1.807) is 6.92 Å².